The molecule has 0 bridgehead atoms. The summed E-state index contributed by atoms with van der Waals surface area (Å²) in [5.41, 5.74) is -1.66. The molecule has 1 saturated heterocycles. The van der Waals surface area contributed by atoms with Gasteiger partial charge in [0.1, 0.15) is 17.0 Å². The molecule has 6 aliphatic carbocycles. The van der Waals surface area contributed by atoms with Gasteiger partial charge in [-0.25, -0.2) is 4.79 Å². The number of fused-ring (bicyclic) bond motifs is 10. The lowest BCUT2D eigenvalue weighted by molar-refractivity contribution is -0.206. The van der Waals surface area contributed by atoms with Crippen molar-refractivity contribution >= 4 is 11.8 Å². The van der Waals surface area contributed by atoms with Crippen LogP contribution >= 0.6 is 0 Å². The van der Waals surface area contributed by atoms with E-state index in [0.29, 0.717) is 48.3 Å². The molecule has 5 heteroatoms. The van der Waals surface area contributed by atoms with Gasteiger partial charge >= 0.3 is 5.97 Å². The van der Waals surface area contributed by atoms with Crippen LogP contribution in [0.5, 0.6) is 0 Å². The average Bonchev–Trinajstić information content (AvgIpc) is 3.53. The number of carboxylic acids is 1. The first-order chi connectivity index (χ1) is 13.2. The maximum Gasteiger partial charge on any atom is 0.334 e. The lowest BCUT2D eigenvalue weighted by Crippen LogP contribution is -2.64. The minimum atomic E-state index is -0.912. The first-order valence-corrected chi connectivity index (χ1v) is 11.1. The minimum absolute atomic E-state index is 0.195. The zero-order valence-corrected chi connectivity index (χ0v) is 16.3. The lowest BCUT2D eigenvalue weighted by Gasteiger charge is -2.61. The highest BCUT2D eigenvalue weighted by Gasteiger charge is 2.92. The number of aliphatic carboxylic acids is 1. The van der Waals surface area contributed by atoms with Crippen LogP contribution in [0.1, 0.15) is 51.9 Å². The molecular formula is C23H28O5. The highest BCUT2D eigenvalue weighted by atomic mass is 16.6. The van der Waals surface area contributed by atoms with Crippen LogP contribution < -0.4 is 0 Å². The third-order valence-corrected chi connectivity index (χ3v) is 10.8. The van der Waals surface area contributed by atoms with Gasteiger partial charge < -0.3 is 14.9 Å². The molecule has 5 nitrogen and oxygen atoms in total. The van der Waals surface area contributed by atoms with Crippen LogP contribution in [-0.4, -0.2) is 38.8 Å². The smallest absolute Gasteiger partial charge is 0.334 e. The lowest BCUT2D eigenvalue weighted by atomic mass is 9.44. The largest absolute Gasteiger partial charge is 0.478 e. The number of hydrogen-bond donors (Lipinski definition) is 2. The number of ether oxygens (including phenoxy) is 1. The Labute approximate surface area is 164 Å². The van der Waals surface area contributed by atoms with E-state index in [0.717, 1.165) is 32.1 Å². The Hall–Kier alpha value is -1.20. The van der Waals surface area contributed by atoms with Gasteiger partial charge in [-0.15, -0.1) is 0 Å². The third kappa shape index (κ3) is 1.41. The summed E-state index contributed by atoms with van der Waals surface area (Å²) in [5.74, 6) is 2.29. The van der Waals surface area contributed by atoms with Crippen LogP contribution in [0.2, 0.25) is 0 Å². The highest BCUT2D eigenvalue weighted by Crippen LogP contribution is 2.86. The molecule has 7 rings (SSSR count). The van der Waals surface area contributed by atoms with Gasteiger partial charge in [-0.2, -0.15) is 0 Å². The molecule has 0 amide bonds. The molecule has 0 aromatic heterocycles. The van der Waals surface area contributed by atoms with E-state index in [1.54, 1.807) is 0 Å². The Morgan fingerprint density at radius 1 is 1.18 bits per heavy atom. The van der Waals surface area contributed by atoms with Crippen molar-refractivity contribution in [3.8, 4) is 0 Å². The topological polar surface area (TPSA) is 87.1 Å². The molecular weight excluding hydrogens is 356 g/mol. The Kier molecular flexibility index (Phi) is 2.54. The second kappa shape index (κ2) is 4.29. The number of rotatable bonds is 2. The quantitative estimate of drug-likeness (QED) is 0.564. The molecule has 1 heterocycles. The van der Waals surface area contributed by atoms with Crippen LogP contribution in [0.4, 0.5) is 0 Å². The summed E-state index contributed by atoms with van der Waals surface area (Å²) in [6, 6.07) is 0. The molecule has 150 valence electrons. The number of carbonyl (C=O) groups excluding carboxylic acids is 1. The van der Waals surface area contributed by atoms with Gasteiger partial charge in [0, 0.05) is 18.3 Å². The summed E-state index contributed by atoms with van der Waals surface area (Å²) in [5, 5.41) is 21.4. The molecule has 11 atom stereocenters. The van der Waals surface area contributed by atoms with Gasteiger partial charge in [0.15, 0.2) is 0 Å². The summed E-state index contributed by atoms with van der Waals surface area (Å²) in [6.07, 6.45) is 5.69. The Morgan fingerprint density at radius 2 is 1.93 bits per heavy atom. The zero-order chi connectivity index (χ0) is 19.4. The summed E-state index contributed by atoms with van der Waals surface area (Å²) < 4.78 is 6.44. The monoisotopic (exact) mass is 384 g/mol. The number of aliphatic hydroxyl groups is 1. The normalized spacial score (nSPS) is 64.4. The van der Waals surface area contributed by atoms with E-state index < -0.39 is 17.2 Å². The average molecular weight is 384 g/mol. The number of ketones is 1. The van der Waals surface area contributed by atoms with Crippen molar-refractivity contribution in [2.75, 3.05) is 0 Å². The second-order valence-corrected chi connectivity index (χ2v) is 11.3. The van der Waals surface area contributed by atoms with Crippen molar-refractivity contribution in [1.29, 1.82) is 0 Å². The number of hydrogen-bond acceptors (Lipinski definition) is 4. The molecule has 7 aliphatic rings. The Morgan fingerprint density at radius 3 is 2.68 bits per heavy atom. The summed E-state index contributed by atoms with van der Waals surface area (Å²) in [6.45, 7) is 6.19. The van der Waals surface area contributed by atoms with E-state index in [2.05, 4.69) is 13.5 Å². The number of Topliss-reactive ketones (excluding diaryl/α,β-unsaturated/α-hetero) is 1. The molecule has 1 spiro atoms. The first kappa shape index (κ1) is 16.6. The molecule has 1 aliphatic heterocycles. The van der Waals surface area contributed by atoms with Crippen molar-refractivity contribution in [1.82, 2.24) is 0 Å². The van der Waals surface area contributed by atoms with Crippen LogP contribution in [-0.2, 0) is 14.3 Å². The maximum absolute atomic E-state index is 12.2. The van der Waals surface area contributed by atoms with E-state index in [1.165, 1.54) is 0 Å². The second-order valence-electron chi connectivity index (χ2n) is 11.3. The van der Waals surface area contributed by atoms with E-state index in [1.807, 2.05) is 0 Å². The number of carboxylic acid groups (broad SMARTS) is 1. The first-order valence-electron chi connectivity index (χ1n) is 11.1. The minimum Gasteiger partial charge on any atom is -0.478 e. The summed E-state index contributed by atoms with van der Waals surface area (Å²) in [7, 11) is 0. The maximum atomic E-state index is 12.2. The summed E-state index contributed by atoms with van der Waals surface area (Å²) >= 11 is 0. The van der Waals surface area contributed by atoms with Gasteiger partial charge in [0.05, 0.1) is 11.2 Å². The molecule has 28 heavy (non-hydrogen) atoms. The van der Waals surface area contributed by atoms with Gasteiger partial charge in [-0.3, -0.25) is 4.79 Å². The molecule has 7 fully saturated rings. The fraction of sp³-hybridized carbons (Fsp3) is 0.826. The third-order valence-electron chi connectivity index (χ3n) is 10.8. The Balaban J connectivity index is 1.31. The SMILES string of the molecule is C=C(C(=O)O)[C@@]12O[C@@]13CCC1C(C4C[C@H]4[C@]4(O)CC(=O)CC[C@]14C)C3[C@@H]1C[C@@H]12. The van der Waals surface area contributed by atoms with Gasteiger partial charge in [0.2, 0.25) is 0 Å². The summed E-state index contributed by atoms with van der Waals surface area (Å²) in [4.78, 5) is 24.0. The molecule has 0 aromatic rings. The number of carbonyl (C=O) groups is 2. The van der Waals surface area contributed by atoms with E-state index in [-0.39, 0.29) is 28.3 Å². The van der Waals surface area contributed by atoms with Crippen molar-refractivity contribution in [3.63, 3.8) is 0 Å². The molecule has 4 unspecified atom stereocenters. The zero-order valence-electron chi connectivity index (χ0n) is 16.3. The fourth-order valence-electron chi connectivity index (χ4n) is 9.67. The van der Waals surface area contributed by atoms with E-state index >= 15 is 0 Å². The fourth-order valence-corrected chi connectivity index (χ4v) is 9.67. The number of epoxide rings is 1. The van der Waals surface area contributed by atoms with Gasteiger partial charge in [-0.1, -0.05) is 13.5 Å². The highest BCUT2D eigenvalue weighted by molar-refractivity contribution is 5.90. The van der Waals surface area contributed by atoms with Crippen molar-refractivity contribution in [2.45, 2.75) is 68.7 Å². The van der Waals surface area contributed by atoms with Crippen LogP contribution in [0.25, 0.3) is 0 Å². The van der Waals surface area contributed by atoms with Crippen molar-refractivity contribution in [2.24, 2.45) is 46.8 Å². The molecule has 6 saturated carbocycles. The molecule has 0 aromatic carbocycles. The van der Waals surface area contributed by atoms with Crippen molar-refractivity contribution < 1.29 is 24.5 Å². The molecule has 2 N–H and O–H groups in total. The van der Waals surface area contributed by atoms with Crippen LogP contribution in [0.3, 0.4) is 0 Å². The van der Waals surface area contributed by atoms with Crippen LogP contribution in [0.15, 0.2) is 12.2 Å². The van der Waals surface area contributed by atoms with E-state index in [9.17, 15) is 19.8 Å². The predicted molar refractivity (Wildman–Crippen MR) is 98.1 cm³/mol. The van der Waals surface area contributed by atoms with E-state index in [4.69, 9.17) is 4.74 Å². The molecule has 0 radical (unpaired) electrons. The Bertz CT molecular complexity index is 880. The van der Waals surface area contributed by atoms with Gasteiger partial charge in [0.25, 0.3) is 0 Å². The predicted octanol–water partition coefficient (Wildman–Crippen LogP) is 2.57. The van der Waals surface area contributed by atoms with Gasteiger partial charge in [-0.05, 0) is 73.5 Å². The van der Waals surface area contributed by atoms with Crippen LogP contribution in [0, 0.1) is 46.8 Å². The standard InChI is InChI=1S/C23H28O5/c1-10(19(25)26)23-16-8-13(16)18-17-12-7-15(12)21(27)9-11(24)3-5-20(21,2)14(17)4-6-22(18,23)28-23/h12-18,27H,1,3-9H2,2H3,(H,25,26)/t12?,13-,14?,15-,16+,17?,18?,20-,21-,22-,23+/m1/s1. The van der Waals surface area contributed by atoms with Crippen molar-refractivity contribution in [3.05, 3.63) is 12.2 Å².